The average molecular weight is 248 g/mol. The van der Waals surface area contributed by atoms with Crippen LogP contribution in [-0.2, 0) is 0 Å². The Morgan fingerprint density at radius 1 is 1.28 bits per heavy atom. The Morgan fingerprint density at radius 3 is 2.39 bits per heavy atom. The lowest BCUT2D eigenvalue weighted by atomic mass is 9.89. The monoisotopic (exact) mass is 248 g/mol. The molecule has 0 aliphatic carbocycles. The van der Waals surface area contributed by atoms with E-state index in [9.17, 15) is 0 Å². The Balaban J connectivity index is 2.15. The van der Waals surface area contributed by atoms with Gasteiger partial charge in [-0.3, -0.25) is 0 Å². The van der Waals surface area contributed by atoms with E-state index in [1.165, 1.54) is 29.5 Å². The number of ether oxygens (including phenoxy) is 1. The van der Waals surface area contributed by atoms with Crippen LogP contribution in [0.15, 0.2) is 12.1 Å². The van der Waals surface area contributed by atoms with Crippen molar-refractivity contribution in [1.82, 2.24) is 5.32 Å². The first kappa shape index (κ1) is 13.4. The van der Waals surface area contributed by atoms with Gasteiger partial charge in [-0.05, 0) is 62.4 Å². The molecule has 1 aliphatic rings. The van der Waals surface area contributed by atoms with Crippen molar-refractivity contribution in [2.24, 2.45) is 11.7 Å². The highest BCUT2D eigenvalue weighted by molar-refractivity contribution is 5.44. The van der Waals surface area contributed by atoms with Crippen LogP contribution in [0.1, 0.15) is 35.6 Å². The van der Waals surface area contributed by atoms with Crippen molar-refractivity contribution in [2.45, 2.75) is 32.7 Å². The molecular formula is C15H24N2O. The van der Waals surface area contributed by atoms with E-state index in [-0.39, 0.29) is 0 Å². The van der Waals surface area contributed by atoms with E-state index in [0.717, 1.165) is 18.8 Å². The summed E-state index contributed by atoms with van der Waals surface area (Å²) in [4.78, 5) is 0. The van der Waals surface area contributed by atoms with Crippen LogP contribution in [0.25, 0.3) is 0 Å². The van der Waals surface area contributed by atoms with E-state index < -0.39 is 0 Å². The number of rotatable bonds is 3. The third-order valence-corrected chi connectivity index (χ3v) is 3.94. The van der Waals surface area contributed by atoms with Gasteiger partial charge in [-0.25, -0.2) is 0 Å². The normalized spacial score (nSPS) is 24.0. The van der Waals surface area contributed by atoms with Crippen molar-refractivity contribution >= 4 is 0 Å². The molecule has 2 rings (SSSR count). The summed E-state index contributed by atoms with van der Waals surface area (Å²) in [6, 6.07) is 4.95. The highest BCUT2D eigenvalue weighted by Crippen LogP contribution is 2.31. The summed E-state index contributed by atoms with van der Waals surface area (Å²) in [6.45, 7) is 6.05. The van der Waals surface area contributed by atoms with Crippen LogP contribution in [0.3, 0.4) is 0 Å². The van der Waals surface area contributed by atoms with Crippen molar-refractivity contribution < 1.29 is 4.74 Å². The van der Waals surface area contributed by atoms with Crippen LogP contribution in [-0.4, -0.2) is 20.2 Å². The number of nitrogens with two attached hydrogens (primary N) is 1. The summed E-state index contributed by atoms with van der Waals surface area (Å²) in [5.41, 5.74) is 9.53. The fraction of sp³-hybridized carbons (Fsp3) is 0.600. The second-order valence-corrected chi connectivity index (χ2v) is 5.33. The summed E-state index contributed by atoms with van der Waals surface area (Å²) < 4.78 is 5.42. The fourth-order valence-corrected chi connectivity index (χ4v) is 2.91. The van der Waals surface area contributed by atoms with E-state index in [1.807, 2.05) is 0 Å². The molecule has 0 radical (unpaired) electrons. The largest absolute Gasteiger partial charge is 0.496 e. The van der Waals surface area contributed by atoms with Gasteiger partial charge < -0.3 is 15.8 Å². The highest BCUT2D eigenvalue weighted by Gasteiger charge is 2.21. The standard InChI is InChI=1S/C15H24N2O/c1-10-6-13(7-11(2)15(10)18-3)14-5-4-12(8-16)9-17-14/h6-7,12,14,17H,4-5,8-9,16H2,1-3H3. The molecule has 3 heteroatoms. The molecule has 1 aromatic rings. The maximum absolute atomic E-state index is 5.72. The lowest BCUT2D eigenvalue weighted by Crippen LogP contribution is -2.36. The van der Waals surface area contributed by atoms with Gasteiger partial charge in [-0.1, -0.05) is 12.1 Å². The van der Waals surface area contributed by atoms with Crippen LogP contribution >= 0.6 is 0 Å². The van der Waals surface area contributed by atoms with Crippen molar-refractivity contribution in [3.05, 3.63) is 28.8 Å². The van der Waals surface area contributed by atoms with Crippen LogP contribution in [0.2, 0.25) is 0 Å². The third-order valence-electron chi connectivity index (χ3n) is 3.94. The predicted octanol–water partition coefficient (Wildman–Crippen LogP) is 2.31. The number of benzene rings is 1. The van der Waals surface area contributed by atoms with E-state index in [4.69, 9.17) is 10.5 Å². The quantitative estimate of drug-likeness (QED) is 0.863. The van der Waals surface area contributed by atoms with Gasteiger partial charge in [-0.2, -0.15) is 0 Å². The Kier molecular flexibility index (Phi) is 4.25. The van der Waals surface area contributed by atoms with E-state index in [2.05, 4.69) is 31.3 Å². The van der Waals surface area contributed by atoms with E-state index >= 15 is 0 Å². The zero-order chi connectivity index (χ0) is 13.1. The van der Waals surface area contributed by atoms with Crippen LogP contribution in [0.5, 0.6) is 5.75 Å². The molecule has 2 unspecified atom stereocenters. The molecule has 0 amide bonds. The third kappa shape index (κ3) is 2.68. The SMILES string of the molecule is COc1c(C)cc(C2CCC(CN)CN2)cc1C. The van der Waals surface area contributed by atoms with E-state index in [0.29, 0.717) is 12.0 Å². The molecule has 0 bridgehead atoms. The van der Waals surface area contributed by atoms with Crippen molar-refractivity contribution in [3.8, 4) is 5.75 Å². The first-order valence-corrected chi connectivity index (χ1v) is 6.74. The van der Waals surface area contributed by atoms with Crippen LogP contribution in [0, 0.1) is 19.8 Å². The number of hydrogen-bond donors (Lipinski definition) is 2. The number of piperidine rings is 1. The molecule has 1 fully saturated rings. The Bertz CT molecular complexity index is 386. The molecule has 1 heterocycles. The number of hydrogen-bond acceptors (Lipinski definition) is 3. The average Bonchev–Trinajstić information content (AvgIpc) is 2.38. The van der Waals surface area contributed by atoms with Gasteiger partial charge in [0.05, 0.1) is 7.11 Å². The molecule has 0 aromatic heterocycles. The van der Waals surface area contributed by atoms with Crippen LogP contribution in [0.4, 0.5) is 0 Å². The topological polar surface area (TPSA) is 47.3 Å². The molecule has 0 spiro atoms. The second kappa shape index (κ2) is 5.72. The molecule has 1 aromatic carbocycles. The number of nitrogens with one attached hydrogen (secondary N) is 1. The molecule has 1 saturated heterocycles. The molecule has 3 nitrogen and oxygen atoms in total. The van der Waals surface area contributed by atoms with Gasteiger partial charge in [0.1, 0.15) is 5.75 Å². The predicted molar refractivity (Wildman–Crippen MR) is 75.0 cm³/mol. The maximum atomic E-state index is 5.72. The molecule has 1 aliphatic heterocycles. The minimum Gasteiger partial charge on any atom is -0.496 e. The molecule has 0 saturated carbocycles. The first-order chi connectivity index (χ1) is 8.65. The van der Waals surface area contributed by atoms with Gasteiger partial charge >= 0.3 is 0 Å². The lowest BCUT2D eigenvalue weighted by Gasteiger charge is -2.30. The minimum atomic E-state index is 0.469. The molecular weight excluding hydrogens is 224 g/mol. The summed E-state index contributed by atoms with van der Waals surface area (Å²) in [5.74, 6) is 1.65. The van der Waals surface area contributed by atoms with Gasteiger partial charge in [0.15, 0.2) is 0 Å². The van der Waals surface area contributed by atoms with Crippen LogP contribution < -0.4 is 15.8 Å². The fourth-order valence-electron chi connectivity index (χ4n) is 2.91. The van der Waals surface area contributed by atoms with Crippen molar-refractivity contribution in [1.29, 1.82) is 0 Å². The van der Waals surface area contributed by atoms with E-state index in [1.54, 1.807) is 7.11 Å². The first-order valence-electron chi connectivity index (χ1n) is 6.74. The Hall–Kier alpha value is -1.06. The Morgan fingerprint density at radius 2 is 1.94 bits per heavy atom. The maximum Gasteiger partial charge on any atom is 0.124 e. The second-order valence-electron chi connectivity index (χ2n) is 5.33. The summed E-state index contributed by atoms with van der Waals surface area (Å²) in [7, 11) is 1.74. The molecule has 3 N–H and O–H groups in total. The van der Waals surface area contributed by atoms with Gasteiger partial charge in [-0.15, -0.1) is 0 Å². The van der Waals surface area contributed by atoms with Gasteiger partial charge in [0, 0.05) is 6.04 Å². The zero-order valence-electron chi connectivity index (χ0n) is 11.6. The summed E-state index contributed by atoms with van der Waals surface area (Å²) in [5, 5.41) is 3.61. The van der Waals surface area contributed by atoms with Crippen molar-refractivity contribution in [3.63, 3.8) is 0 Å². The smallest absolute Gasteiger partial charge is 0.124 e. The summed E-state index contributed by atoms with van der Waals surface area (Å²) in [6.07, 6.45) is 2.39. The minimum absolute atomic E-state index is 0.469. The molecule has 18 heavy (non-hydrogen) atoms. The molecule has 2 atom stereocenters. The Labute approximate surface area is 110 Å². The summed E-state index contributed by atoms with van der Waals surface area (Å²) >= 11 is 0. The molecule has 100 valence electrons. The number of aryl methyl sites for hydroxylation is 2. The van der Waals surface area contributed by atoms with Gasteiger partial charge in [0.2, 0.25) is 0 Å². The zero-order valence-corrected chi connectivity index (χ0v) is 11.6. The van der Waals surface area contributed by atoms with Crippen molar-refractivity contribution in [2.75, 3.05) is 20.2 Å². The lowest BCUT2D eigenvalue weighted by molar-refractivity contribution is 0.320. The highest BCUT2D eigenvalue weighted by atomic mass is 16.5. The van der Waals surface area contributed by atoms with Gasteiger partial charge in [0.25, 0.3) is 0 Å². The number of methoxy groups -OCH3 is 1.